The van der Waals surface area contributed by atoms with E-state index in [9.17, 15) is 4.79 Å². The van der Waals surface area contributed by atoms with Crippen LogP contribution >= 0.6 is 0 Å². The molecule has 0 saturated carbocycles. The van der Waals surface area contributed by atoms with Gasteiger partial charge < -0.3 is 0 Å². The minimum Gasteiger partial charge on any atom is -0.269 e. The number of hydrogen-bond donors (Lipinski definition) is 1. The van der Waals surface area contributed by atoms with Crippen LogP contribution in [0.2, 0.25) is 0 Å². The highest BCUT2D eigenvalue weighted by molar-refractivity contribution is 6.08. The van der Waals surface area contributed by atoms with E-state index in [-0.39, 0.29) is 5.91 Å². The second kappa shape index (κ2) is 5.86. The number of aryl methyl sites for hydroxylation is 2. The molecule has 114 valence electrons. The van der Waals surface area contributed by atoms with Gasteiger partial charge in [-0.25, -0.2) is 5.48 Å². The number of hydroxylamine groups is 1. The Kier molecular flexibility index (Phi) is 3.56. The van der Waals surface area contributed by atoms with Gasteiger partial charge in [0.15, 0.2) is 0 Å². The van der Waals surface area contributed by atoms with Gasteiger partial charge in [0.05, 0.1) is 6.61 Å². The molecule has 0 aromatic heterocycles. The molecule has 3 aromatic rings. The second-order valence-electron chi connectivity index (χ2n) is 5.82. The standard InChI is InChI=1S/C20H17NO2/c22-20(21-23-13-14-5-2-1-3-6-14)18-12-11-16-10-9-15-7-4-8-17(18)19(15)16/h1-8,11-12H,9-10,13H2,(H,21,22). The zero-order valence-electron chi connectivity index (χ0n) is 12.7. The van der Waals surface area contributed by atoms with E-state index in [0.29, 0.717) is 12.2 Å². The van der Waals surface area contributed by atoms with Crippen LogP contribution < -0.4 is 5.48 Å². The van der Waals surface area contributed by atoms with Crippen LogP contribution in [-0.2, 0) is 24.3 Å². The third-order valence-corrected chi connectivity index (χ3v) is 4.37. The van der Waals surface area contributed by atoms with E-state index in [1.165, 1.54) is 16.5 Å². The van der Waals surface area contributed by atoms with Crippen molar-refractivity contribution in [3.05, 3.63) is 82.9 Å². The Morgan fingerprint density at radius 2 is 1.70 bits per heavy atom. The fourth-order valence-corrected chi connectivity index (χ4v) is 3.26. The number of hydrogen-bond acceptors (Lipinski definition) is 2. The molecule has 1 aliphatic rings. The molecule has 1 aliphatic carbocycles. The van der Waals surface area contributed by atoms with Crippen molar-refractivity contribution >= 4 is 16.7 Å². The molecular formula is C20H17NO2. The monoisotopic (exact) mass is 303 g/mol. The minimum atomic E-state index is -0.198. The number of amides is 1. The first-order valence-corrected chi connectivity index (χ1v) is 7.82. The van der Waals surface area contributed by atoms with Gasteiger partial charge >= 0.3 is 0 Å². The highest BCUT2D eigenvalue weighted by Crippen LogP contribution is 2.32. The Morgan fingerprint density at radius 3 is 2.52 bits per heavy atom. The minimum absolute atomic E-state index is 0.198. The molecule has 0 aliphatic heterocycles. The fraction of sp³-hybridized carbons (Fsp3) is 0.150. The molecule has 3 aromatic carbocycles. The first-order valence-electron chi connectivity index (χ1n) is 7.82. The lowest BCUT2D eigenvalue weighted by atomic mass is 10.00. The molecule has 0 fully saturated rings. The van der Waals surface area contributed by atoms with Crippen molar-refractivity contribution in [3.63, 3.8) is 0 Å². The Labute approximate surface area is 134 Å². The van der Waals surface area contributed by atoms with Gasteiger partial charge in [0.2, 0.25) is 0 Å². The third-order valence-electron chi connectivity index (χ3n) is 4.37. The fourth-order valence-electron chi connectivity index (χ4n) is 3.26. The van der Waals surface area contributed by atoms with Crippen LogP contribution in [0, 0.1) is 0 Å². The van der Waals surface area contributed by atoms with Gasteiger partial charge in [0, 0.05) is 5.56 Å². The van der Waals surface area contributed by atoms with E-state index >= 15 is 0 Å². The van der Waals surface area contributed by atoms with Gasteiger partial charge in [0.25, 0.3) is 5.91 Å². The van der Waals surface area contributed by atoms with Crippen molar-refractivity contribution in [3.8, 4) is 0 Å². The zero-order chi connectivity index (χ0) is 15.6. The summed E-state index contributed by atoms with van der Waals surface area (Å²) in [6.45, 7) is 0.355. The number of benzene rings is 3. The van der Waals surface area contributed by atoms with Crippen molar-refractivity contribution in [2.45, 2.75) is 19.4 Å². The highest BCUT2D eigenvalue weighted by atomic mass is 16.6. The quantitative estimate of drug-likeness (QED) is 0.745. The number of carbonyl (C=O) groups excluding carboxylic acids is 1. The molecule has 0 heterocycles. The van der Waals surface area contributed by atoms with Crippen LogP contribution in [0.4, 0.5) is 0 Å². The summed E-state index contributed by atoms with van der Waals surface area (Å²) in [6.07, 6.45) is 2.12. The van der Waals surface area contributed by atoms with Gasteiger partial charge in [-0.05, 0) is 46.4 Å². The summed E-state index contributed by atoms with van der Waals surface area (Å²) in [5, 5.41) is 2.25. The van der Waals surface area contributed by atoms with E-state index in [1.807, 2.05) is 48.5 Å². The van der Waals surface area contributed by atoms with E-state index < -0.39 is 0 Å². The Morgan fingerprint density at radius 1 is 0.913 bits per heavy atom. The SMILES string of the molecule is O=C(NOCc1ccccc1)c1ccc2c3c(cccc13)CC2. The normalized spacial score (nSPS) is 12.5. The van der Waals surface area contributed by atoms with Crippen molar-refractivity contribution in [2.75, 3.05) is 0 Å². The molecule has 4 rings (SSSR count). The van der Waals surface area contributed by atoms with Crippen LogP contribution in [0.3, 0.4) is 0 Å². The van der Waals surface area contributed by atoms with Gasteiger partial charge in [-0.1, -0.05) is 54.6 Å². The number of nitrogens with one attached hydrogen (secondary N) is 1. The highest BCUT2D eigenvalue weighted by Gasteiger charge is 2.18. The van der Waals surface area contributed by atoms with Gasteiger partial charge in [-0.2, -0.15) is 0 Å². The predicted molar refractivity (Wildman–Crippen MR) is 90.1 cm³/mol. The van der Waals surface area contributed by atoms with E-state index in [1.54, 1.807) is 0 Å². The zero-order valence-corrected chi connectivity index (χ0v) is 12.7. The van der Waals surface area contributed by atoms with Gasteiger partial charge in [-0.3, -0.25) is 9.63 Å². The summed E-state index contributed by atoms with van der Waals surface area (Å²) in [7, 11) is 0. The average Bonchev–Trinajstić information content (AvgIpc) is 3.01. The third kappa shape index (κ3) is 2.60. The molecule has 3 nitrogen and oxygen atoms in total. The van der Waals surface area contributed by atoms with E-state index in [0.717, 1.165) is 23.8 Å². The van der Waals surface area contributed by atoms with Crippen LogP contribution in [0.5, 0.6) is 0 Å². The summed E-state index contributed by atoms with van der Waals surface area (Å²) in [5.74, 6) is -0.198. The molecule has 1 N–H and O–H groups in total. The van der Waals surface area contributed by atoms with E-state index in [2.05, 4.69) is 17.6 Å². The van der Waals surface area contributed by atoms with Gasteiger partial charge in [0.1, 0.15) is 0 Å². The largest absolute Gasteiger partial charge is 0.275 e. The molecular weight excluding hydrogens is 286 g/mol. The topological polar surface area (TPSA) is 38.3 Å². The first-order chi connectivity index (χ1) is 11.3. The molecule has 3 heteroatoms. The lowest BCUT2D eigenvalue weighted by molar-refractivity contribution is 0.0235. The molecule has 0 unspecified atom stereocenters. The van der Waals surface area contributed by atoms with Crippen LogP contribution in [0.15, 0.2) is 60.7 Å². The first kappa shape index (κ1) is 14.0. The molecule has 0 saturated heterocycles. The maximum atomic E-state index is 12.5. The van der Waals surface area contributed by atoms with Crippen molar-refractivity contribution < 1.29 is 9.63 Å². The average molecular weight is 303 g/mol. The molecule has 0 spiro atoms. The predicted octanol–water partition coefficient (Wildman–Crippen LogP) is 3.80. The van der Waals surface area contributed by atoms with Crippen LogP contribution in [0.25, 0.3) is 10.8 Å². The summed E-state index contributed by atoms with van der Waals surface area (Å²) < 4.78 is 0. The number of carbonyl (C=O) groups is 1. The maximum Gasteiger partial charge on any atom is 0.275 e. The summed E-state index contributed by atoms with van der Waals surface area (Å²) >= 11 is 0. The Bertz CT molecular complexity index is 861. The summed E-state index contributed by atoms with van der Waals surface area (Å²) in [4.78, 5) is 17.8. The molecule has 1 amide bonds. The summed E-state index contributed by atoms with van der Waals surface area (Å²) in [5.41, 5.74) is 6.91. The molecule has 0 bridgehead atoms. The molecule has 23 heavy (non-hydrogen) atoms. The van der Waals surface area contributed by atoms with Crippen molar-refractivity contribution in [1.29, 1.82) is 0 Å². The lowest BCUT2D eigenvalue weighted by Crippen LogP contribution is -2.23. The summed E-state index contributed by atoms with van der Waals surface area (Å²) in [6, 6.07) is 19.9. The second-order valence-corrected chi connectivity index (χ2v) is 5.82. The Hall–Kier alpha value is -2.65. The number of rotatable bonds is 4. The van der Waals surface area contributed by atoms with Crippen LogP contribution in [0.1, 0.15) is 27.0 Å². The maximum absolute atomic E-state index is 12.5. The van der Waals surface area contributed by atoms with Crippen molar-refractivity contribution in [2.24, 2.45) is 0 Å². The smallest absolute Gasteiger partial charge is 0.269 e. The molecule has 0 radical (unpaired) electrons. The van der Waals surface area contributed by atoms with Gasteiger partial charge in [-0.15, -0.1) is 0 Å². The van der Waals surface area contributed by atoms with Crippen LogP contribution in [-0.4, -0.2) is 5.91 Å². The van der Waals surface area contributed by atoms with Crippen molar-refractivity contribution in [1.82, 2.24) is 5.48 Å². The lowest BCUT2D eigenvalue weighted by Gasteiger charge is -2.10. The molecule has 0 atom stereocenters. The Balaban J connectivity index is 1.54. The van der Waals surface area contributed by atoms with E-state index in [4.69, 9.17) is 4.84 Å².